The number of rotatable bonds is 11. The van der Waals surface area contributed by atoms with Crippen molar-refractivity contribution in [1.29, 1.82) is 0 Å². The van der Waals surface area contributed by atoms with E-state index < -0.39 is 0 Å². The molecule has 0 spiro atoms. The first-order valence-electron chi connectivity index (χ1n) is 11.3. The Morgan fingerprint density at radius 1 is 0.909 bits per heavy atom. The van der Waals surface area contributed by atoms with Gasteiger partial charge in [-0.3, -0.25) is 0 Å². The summed E-state index contributed by atoms with van der Waals surface area (Å²) in [5.41, 5.74) is 4.25. The van der Waals surface area contributed by atoms with Gasteiger partial charge in [0.15, 0.2) is 0 Å². The molecule has 0 radical (unpaired) electrons. The molecule has 3 aromatic carbocycles. The van der Waals surface area contributed by atoms with E-state index in [0.29, 0.717) is 18.9 Å². The Hall–Kier alpha value is -3.41. The molecule has 0 aliphatic heterocycles. The Bertz CT molecular complexity index is 1110. The van der Waals surface area contributed by atoms with Crippen LogP contribution in [0.2, 0.25) is 0 Å². The van der Waals surface area contributed by atoms with Crippen LogP contribution >= 0.6 is 0 Å². The summed E-state index contributed by atoms with van der Waals surface area (Å²) in [4.78, 5) is 4.63. The molecule has 0 saturated carbocycles. The van der Waals surface area contributed by atoms with Crippen molar-refractivity contribution >= 4 is 0 Å². The summed E-state index contributed by atoms with van der Waals surface area (Å²) in [6, 6.07) is 28.2. The first kappa shape index (κ1) is 22.8. The monoisotopic (exact) mass is 442 g/mol. The average molecular weight is 443 g/mol. The summed E-state index contributed by atoms with van der Waals surface area (Å²) in [5.74, 6) is 2.29. The Morgan fingerprint density at radius 3 is 2.30 bits per heavy atom. The van der Waals surface area contributed by atoms with Crippen molar-refractivity contribution in [3.63, 3.8) is 0 Å². The van der Waals surface area contributed by atoms with E-state index in [2.05, 4.69) is 34.6 Å². The Morgan fingerprint density at radius 2 is 1.61 bits per heavy atom. The normalized spacial score (nSPS) is 11.9. The third kappa shape index (κ3) is 6.54. The highest BCUT2D eigenvalue weighted by Gasteiger charge is 2.12. The second-order valence-corrected chi connectivity index (χ2v) is 8.08. The third-order valence-corrected chi connectivity index (χ3v) is 5.58. The number of aliphatic hydroxyl groups is 1. The van der Waals surface area contributed by atoms with Gasteiger partial charge in [-0.05, 0) is 48.7 Å². The predicted molar refractivity (Wildman–Crippen MR) is 130 cm³/mol. The van der Waals surface area contributed by atoms with Crippen LogP contribution < -0.4 is 10.1 Å². The number of aromatic nitrogens is 1. The van der Waals surface area contributed by atoms with Gasteiger partial charge >= 0.3 is 0 Å². The van der Waals surface area contributed by atoms with E-state index in [1.807, 2.05) is 67.6 Å². The molecule has 0 fully saturated rings. The van der Waals surface area contributed by atoms with E-state index in [4.69, 9.17) is 9.15 Å². The maximum absolute atomic E-state index is 9.74. The first-order chi connectivity index (χ1) is 16.2. The van der Waals surface area contributed by atoms with Gasteiger partial charge in [0.05, 0.1) is 18.9 Å². The highest BCUT2D eigenvalue weighted by Crippen LogP contribution is 2.22. The molecule has 170 valence electrons. The lowest BCUT2D eigenvalue weighted by atomic mass is 10.1. The van der Waals surface area contributed by atoms with E-state index >= 15 is 0 Å². The maximum Gasteiger partial charge on any atom is 0.226 e. The Kier molecular flexibility index (Phi) is 7.90. The van der Waals surface area contributed by atoms with Crippen molar-refractivity contribution in [2.45, 2.75) is 32.4 Å². The van der Waals surface area contributed by atoms with E-state index in [0.717, 1.165) is 41.3 Å². The van der Waals surface area contributed by atoms with E-state index in [1.165, 1.54) is 5.56 Å². The molecule has 5 heteroatoms. The van der Waals surface area contributed by atoms with Gasteiger partial charge in [0, 0.05) is 24.6 Å². The standard InChI is InChI=1S/C28H30N2O3/c1-21-27(30-28(33-21)24-10-6-3-7-11-24)16-17-32-26-14-12-22(13-15-26)18-25(20-31)29-19-23-8-4-2-5-9-23/h2-15,25,29,31H,16-20H2,1H3/t25-/m0/s1. The zero-order chi connectivity index (χ0) is 22.9. The van der Waals surface area contributed by atoms with Gasteiger partial charge in [0.2, 0.25) is 5.89 Å². The summed E-state index contributed by atoms with van der Waals surface area (Å²) >= 11 is 0. The quantitative estimate of drug-likeness (QED) is 0.343. The molecule has 33 heavy (non-hydrogen) atoms. The number of benzene rings is 3. The molecule has 1 aromatic heterocycles. The number of aliphatic hydroxyl groups excluding tert-OH is 1. The molecule has 0 aliphatic rings. The fourth-order valence-corrected chi connectivity index (χ4v) is 3.70. The predicted octanol–water partition coefficient (Wildman–Crippen LogP) is 4.96. The van der Waals surface area contributed by atoms with Crippen LogP contribution in [0.5, 0.6) is 5.75 Å². The van der Waals surface area contributed by atoms with Crippen molar-refractivity contribution in [2.75, 3.05) is 13.2 Å². The van der Waals surface area contributed by atoms with Crippen LogP contribution in [0.4, 0.5) is 0 Å². The Balaban J connectivity index is 1.25. The maximum atomic E-state index is 9.74. The zero-order valence-electron chi connectivity index (χ0n) is 18.9. The number of oxazole rings is 1. The zero-order valence-corrected chi connectivity index (χ0v) is 18.9. The number of ether oxygens (including phenoxy) is 1. The van der Waals surface area contributed by atoms with Crippen molar-refractivity contribution in [3.05, 3.63) is 108 Å². The van der Waals surface area contributed by atoms with Gasteiger partial charge in [-0.15, -0.1) is 0 Å². The summed E-state index contributed by atoms with van der Waals surface area (Å²) in [5, 5.41) is 13.2. The van der Waals surface area contributed by atoms with Crippen LogP contribution in [-0.4, -0.2) is 29.3 Å². The first-order valence-corrected chi connectivity index (χ1v) is 11.3. The molecule has 1 heterocycles. The lowest BCUT2D eigenvalue weighted by Crippen LogP contribution is -2.34. The molecule has 0 unspecified atom stereocenters. The fourth-order valence-electron chi connectivity index (χ4n) is 3.70. The summed E-state index contributed by atoms with van der Waals surface area (Å²) in [7, 11) is 0. The van der Waals surface area contributed by atoms with Gasteiger partial charge in [-0.2, -0.15) is 0 Å². The van der Waals surface area contributed by atoms with Crippen molar-refractivity contribution < 1.29 is 14.3 Å². The molecule has 0 aliphatic carbocycles. The van der Waals surface area contributed by atoms with Gasteiger partial charge in [-0.1, -0.05) is 60.7 Å². The van der Waals surface area contributed by atoms with E-state index in [-0.39, 0.29) is 12.6 Å². The largest absolute Gasteiger partial charge is 0.493 e. The van der Waals surface area contributed by atoms with Crippen LogP contribution in [0, 0.1) is 6.92 Å². The average Bonchev–Trinajstić information content (AvgIpc) is 3.24. The molecule has 4 rings (SSSR count). The van der Waals surface area contributed by atoms with E-state index in [1.54, 1.807) is 0 Å². The molecule has 0 amide bonds. The van der Waals surface area contributed by atoms with E-state index in [9.17, 15) is 5.11 Å². The minimum Gasteiger partial charge on any atom is -0.493 e. The molecule has 2 N–H and O–H groups in total. The molecule has 5 nitrogen and oxygen atoms in total. The number of hydrogen-bond acceptors (Lipinski definition) is 5. The van der Waals surface area contributed by atoms with Crippen LogP contribution in [-0.2, 0) is 19.4 Å². The van der Waals surface area contributed by atoms with Crippen LogP contribution in [0.3, 0.4) is 0 Å². The third-order valence-electron chi connectivity index (χ3n) is 5.58. The molecular weight excluding hydrogens is 412 g/mol. The minimum absolute atomic E-state index is 0.00549. The summed E-state index contributed by atoms with van der Waals surface area (Å²) < 4.78 is 11.7. The minimum atomic E-state index is 0.00549. The van der Waals surface area contributed by atoms with Crippen LogP contribution in [0.25, 0.3) is 11.5 Å². The fraction of sp³-hybridized carbons (Fsp3) is 0.250. The van der Waals surface area contributed by atoms with Crippen LogP contribution in [0.1, 0.15) is 22.6 Å². The number of hydrogen-bond donors (Lipinski definition) is 2. The molecule has 1 atom stereocenters. The smallest absolute Gasteiger partial charge is 0.226 e. The van der Waals surface area contributed by atoms with Crippen molar-refractivity contribution in [1.82, 2.24) is 10.3 Å². The second kappa shape index (κ2) is 11.5. The molecular formula is C28H30N2O3. The lowest BCUT2D eigenvalue weighted by Gasteiger charge is -2.17. The topological polar surface area (TPSA) is 67.5 Å². The number of nitrogens with one attached hydrogen (secondary N) is 1. The number of aryl methyl sites for hydroxylation is 1. The van der Waals surface area contributed by atoms with Gasteiger partial charge < -0.3 is 19.6 Å². The van der Waals surface area contributed by atoms with Crippen LogP contribution in [0.15, 0.2) is 89.3 Å². The van der Waals surface area contributed by atoms with Gasteiger partial charge in [-0.25, -0.2) is 4.98 Å². The van der Waals surface area contributed by atoms with Crippen molar-refractivity contribution in [2.24, 2.45) is 0 Å². The highest BCUT2D eigenvalue weighted by atomic mass is 16.5. The molecule has 4 aromatic rings. The lowest BCUT2D eigenvalue weighted by molar-refractivity contribution is 0.241. The molecule has 0 bridgehead atoms. The SMILES string of the molecule is Cc1oc(-c2ccccc2)nc1CCOc1ccc(C[C@@H](CO)NCc2ccccc2)cc1. The second-order valence-electron chi connectivity index (χ2n) is 8.08. The number of nitrogens with zero attached hydrogens (tertiary/aromatic N) is 1. The van der Waals surface area contributed by atoms with Gasteiger partial charge in [0.25, 0.3) is 0 Å². The summed E-state index contributed by atoms with van der Waals surface area (Å²) in [6.45, 7) is 3.29. The van der Waals surface area contributed by atoms with Gasteiger partial charge in [0.1, 0.15) is 11.5 Å². The highest BCUT2D eigenvalue weighted by molar-refractivity contribution is 5.53. The molecule has 0 saturated heterocycles. The summed E-state index contributed by atoms with van der Waals surface area (Å²) in [6.07, 6.45) is 1.43. The van der Waals surface area contributed by atoms with Crippen molar-refractivity contribution in [3.8, 4) is 17.2 Å². The Labute approximate surface area is 195 Å².